The van der Waals surface area contributed by atoms with Gasteiger partial charge in [-0.3, -0.25) is 9.69 Å². The van der Waals surface area contributed by atoms with E-state index in [2.05, 4.69) is 16.7 Å². The minimum atomic E-state index is 0.177. The topological polar surface area (TPSA) is 58.8 Å². The maximum absolute atomic E-state index is 12.8. The van der Waals surface area contributed by atoms with Crippen LogP contribution in [-0.2, 0) is 9.53 Å². The third-order valence-electron chi connectivity index (χ3n) is 6.41. The number of ether oxygens (including phenoxy) is 1. The second-order valence-electron chi connectivity index (χ2n) is 7.63. The first-order valence-corrected chi connectivity index (χ1v) is 9.52. The van der Waals surface area contributed by atoms with Gasteiger partial charge >= 0.3 is 0 Å². The summed E-state index contributed by atoms with van der Waals surface area (Å²) < 4.78 is 5.51. The van der Waals surface area contributed by atoms with Gasteiger partial charge in [-0.1, -0.05) is 13.3 Å². The molecule has 5 heteroatoms. The Morgan fingerprint density at radius 2 is 1.87 bits per heavy atom. The van der Waals surface area contributed by atoms with Crippen LogP contribution < -0.4 is 5.73 Å². The summed E-state index contributed by atoms with van der Waals surface area (Å²) in [4.78, 5) is 17.6. The molecule has 5 nitrogen and oxygen atoms in total. The van der Waals surface area contributed by atoms with E-state index >= 15 is 0 Å². The quantitative estimate of drug-likeness (QED) is 0.857. The van der Waals surface area contributed by atoms with Gasteiger partial charge < -0.3 is 15.4 Å². The molecular weight excluding hydrogens is 290 g/mol. The van der Waals surface area contributed by atoms with E-state index < -0.39 is 0 Å². The molecule has 3 rings (SSSR count). The second kappa shape index (κ2) is 7.49. The van der Waals surface area contributed by atoms with Crippen molar-refractivity contribution in [2.75, 3.05) is 39.4 Å². The van der Waals surface area contributed by atoms with Gasteiger partial charge in [-0.15, -0.1) is 0 Å². The Bertz CT molecular complexity index is 401. The summed E-state index contributed by atoms with van der Waals surface area (Å²) in [5.41, 5.74) is 6.35. The van der Waals surface area contributed by atoms with E-state index in [0.717, 1.165) is 77.9 Å². The molecule has 2 aliphatic heterocycles. The standard InChI is InChI=1S/C18H33N3O2/c1-2-18(21-10-12-23-13-11-21)6-8-20(9-7-18)17(22)15-4-3-5-16(19)14-15/h15-16H,2-14,19H2,1H3/t15-,16-/m1/s1. The zero-order valence-corrected chi connectivity index (χ0v) is 14.6. The van der Waals surface area contributed by atoms with Crippen LogP contribution in [0.1, 0.15) is 51.9 Å². The molecule has 0 spiro atoms. The summed E-state index contributed by atoms with van der Waals surface area (Å²) in [6.07, 6.45) is 7.49. The molecule has 0 radical (unpaired) electrons. The molecule has 2 saturated heterocycles. The summed E-state index contributed by atoms with van der Waals surface area (Å²) in [5.74, 6) is 0.545. The van der Waals surface area contributed by atoms with Gasteiger partial charge in [0.05, 0.1) is 13.2 Å². The fourth-order valence-corrected chi connectivity index (χ4v) is 4.78. The third kappa shape index (κ3) is 3.72. The molecule has 0 aromatic rings. The minimum Gasteiger partial charge on any atom is -0.379 e. The van der Waals surface area contributed by atoms with Crippen LogP contribution >= 0.6 is 0 Å². The van der Waals surface area contributed by atoms with E-state index in [1.54, 1.807) is 0 Å². The summed E-state index contributed by atoms with van der Waals surface area (Å²) in [6, 6.07) is 0.227. The van der Waals surface area contributed by atoms with Crippen molar-refractivity contribution in [3.63, 3.8) is 0 Å². The molecule has 1 aliphatic carbocycles. The van der Waals surface area contributed by atoms with Crippen LogP contribution in [0.25, 0.3) is 0 Å². The van der Waals surface area contributed by atoms with E-state index in [1.807, 2.05) is 0 Å². The van der Waals surface area contributed by atoms with E-state index in [0.29, 0.717) is 5.91 Å². The Labute approximate surface area is 140 Å². The Morgan fingerprint density at radius 1 is 1.17 bits per heavy atom. The van der Waals surface area contributed by atoms with Gasteiger partial charge in [-0.2, -0.15) is 0 Å². The third-order valence-corrected chi connectivity index (χ3v) is 6.41. The number of morpholine rings is 1. The minimum absolute atomic E-state index is 0.177. The van der Waals surface area contributed by atoms with Crippen molar-refractivity contribution < 1.29 is 9.53 Å². The molecule has 1 amide bonds. The molecular formula is C18H33N3O2. The van der Waals surface area contributed by atoms with Gasteiger partial charge in [-0.25, -0.2) is 0 Å². The Hall–Kier alpha value is -0.650. The summed E-state index contributed by atoms with van der Waals surface area (Å²) in [7, 11) is 0. The van der Waals surface area contributed by atoms with Crippen LogP contribution in [0, 0.1) is 5.92 Å². The highest BCUT2D eigenvalue weighted by Gasteiger charge is 2.41. The van der Waals surface area contributed by atoms with Crippen LogP contribution in [0.4, 0.5) is 0 Å². The van der Waals surface area contributed by atoms with Crippen LogP contribution in [0.3, 0.4) is 0 Å². The van der Waals surface area contributed by atoms with Gasteiger partial charge in [0.1, 0.15) is 0 Å². The highest BCUT2D eigenvalue weighted by molar-refractivity contribution is 5.79. The monoisotopic (exact) mass is 323 g/mol. The largest absolute Gasteiger partial charge is 0.379 e. The molecule has 0 aromatic heterocycles. The Kier molecular flexibility index (Phi) is 5.60. The predicted molar refractivity (Wildman–Crippen MR) is 91.2 cm³/mol. The summed E-state index contributed by atoms with van der Waals surface area (Å²) >= 11 is 0. The maximum Gasteiger partial charge on any atom is 0.225 e. The molecule has 0 aromatic carbocycles. The lowest BCUT2D eigenvalue weighted by Gasteiger charge is -2.50. The van der Waals surface area contributed by atoms with Crippen molar-refractivity contribution in [3.05, 3.63) is 0 Å². The first-order chi connectivity index (χ1) is 11.1. The number of carbonyl (C=O) groups is 1. The number of likely N-dealkylation sites (tertiary alicyclic amines) is 1. The van der Waals surface area contributed by atoms with Crippen LogP contribution in [-0.4, -0.2) is 66.7 Å². The molecule has 2 heterocycles. The lowest BCUT2D eigenvalue weighted by atomic mass is 9.81. The normalized spacial score (nSPS) is 32.7. The number of hydrogen-bond acceptors (Lipinski definition) is 4. The lowest BCUT2D eigenvalue weighted by Crippen LogP contribution is -2.59. The Morgan fingerprint density at radius 3 is 2.48 bits per heavy atom. The van der Waals surface area contributed by atoms with Crippen LogP contribution in [0.2, 0.25) is 0 Å². The van der Waals surface area contributed by atoms with Crippen LogP contribution in [0.5, 0.6) is 0 Å². The molecule has 3 fully saturated rings. The highest BCUT2D eigenvalue weighted by atomic mass is 16.5. The van der Waals surface area contributed by atoms with E-state index in [-0.39, 0.29) is 17.5 Å². The van der Waals surface area contributed by atoms with Crippen LogP contribution in [0.15, 0.2) is 0 Å². The number of nitrogens with zero attached hydrogens (tertiary/aromatic N) is 2. The smallest absolute Gasteiger partial charge is 0.225 e. The zero-order chi connectivity index (χ0) is 16.3. The molecule has 2 N–H and O–H groups in total. The van der Waals surface area contributed by atoms with E-state index in [4.69, 9.17) is 10.5 Å². The first kappa shape index (κ1) is 17.2. The molecule has 0 bridgehead atoms. The average Bonchev–Trinajstić information content (AvgIpc) is 2.62. The average molecular weight is 323 g/mol. The van der Waals surface area contributed by atoms with Gasteiger partial charge in [0.25, 0.3) is 0 Å². The van der Waals surface area contributed by atoms with Gasteiger partial charge in [-0.05, 0) is 38.5 Å². The number of piperidine rings is 1. The number of hydrogen-bond donors (Lipinski definition) is 1. The SMILES string of the molecule is CCC1(N2CCOCC2)CCN(C(=O)[C@@H]2CCC[C@@H](N)C2)CC1. The van der Waals surface area contributed by atoms with Crippen molar-refractivity contribution in [1.29, 1.82) is 0 Å². The number of carbonyl (C=O) groups excluding carboxylic acids is 1. The number of rotatable bonds is 3. The molecule has 3 aliphatic rings. The lowest BCUT2D eigenvalue weighted by molar-refractivity contribution is -0.140. The fourth-order valence-electron chi connectivity index (χ4n) is 4.78. The number of amides is 1. The molecule has 132 valence electrons. The van der Waals surface area contributed by atoms with Gasteiger partial charge in [0.15, 0.2) is 0 Å². The summed E-state index contributed by atoms with van der Waals surface area (Å²) in [6.45, 7) is 7.91. The number of nitrogens with two attached hydrogens (primary N) is 1. The molecule has 1 saturated carbocycles. The Balaban J connectivity index is 1.57. The van der Waals surface area contributed by atoms with Crippen molar-refractivity contribution in [3.8, 4) is 0 Å². The fraction of sp³-hybridized carbons (Fsp3) is 0.944. The second-order valence-corrected chi connectivity index (χ2v) is 7.63. The van der Waals surface area contributed by atoms with Crippen molar-refractivity contribution in [2.24, 2.45) is 11.7 Å². The van der Waals surface area contributed by atoms with Gasteiger partial charge in [0.2, 0.25) is 5.91 Å². The summed E-state index contributed by atoms with van der Waals surface area (Å²) in [5, 5.41) is 0. The molecule has 23 heavy (non-hydrogen) atoms. The van der Waals surface area contributed by atoms with Crippen molar-refractivity contribution in [1.82, 2.24) is 9.80 Å². The zero-order valence-electron chi connectivity index (χ0n) is 14.6. The first-order valence-electron chi connectivity index (χ1n) is 9.52. The van der Waals surface area contributed by atoms with E-state index in [9.17, 15) is 4.79 Å². The predicted octanol–water partition coefficient (Wildman–Crippen LogP) is 1.61. The van der Waals surface area contributed by atoms with Crippen molar-refractivity contribution >= 4 is 5.91 Å². The highest BCUT2D eigenvalue weighted by Crippen LogP contribution is 2.34. The molecule has 0 unspecified atom stereocenters. The van der Waals surface area contributed by atoms with E-state index in [1.165, 1.54) is 6.42 Å². The van der Waals surface area contributed by atoms with Crippen molar-refractivity contribution in [2.45, 2.75) is 63.5 Å². The molecule has 2 atom stereocenters. The maximum atomic E-state index is 12.8. The van der Waals surface area contributed by atoms with Gasteiger partial charge in [0, 0.05) is 43.7 Å².